The van der Waals surface area contributed by atoms with Gasteiger partial charge in [0.05, 0.1) is 16.7 Å². The summed E-state index contributed by atoms with van der Waals surface area (Å²) in [5, 5.41) is 5.90. The Morgan fingerprint density at radius 1 is 0.736 bits per heavy atom. The van der Waals surface area contributed by atoms with E-state index in [2.05, 4.69) is 141 Å². The second-order valence-electron chi connectivity index (χ2n) is 12.6. The van der Waals surface area contributed by atoms with Gasteiger partial charge in [-0.3, -0.25) is 4.98 Å². The number of amidine groups is 1. The Balaban J connectivity index is 1.32. The first-order chi connectivity index (χ1) is 26.1. The molecule has 8 aromatic rings. The Morgan fingerprint density at radius 2 is 1.42 bits per heavy atom. The van der Waals surface area contributed by atoms with Crippen LogP contribution in [0.15, 0.2) is 188 Å². The van der Waals surface area contributed by atoms with Gasteiger partial charge in [0, 0.05) is 74.0 Å². The summed E-state index contributed by atoms with van der Waals surface area (Å²) in [7, 11) is 0. The predicted octanol–water partition coefficient (Wildman–Crippen LogP) is 11.9. The van der Waals surface area contributed by atoms with Gasteiger partial charge in [0.1, 0.15) is 5.84 Å². The number of pyridine rings is 1. The number of hydrogen-bond acceptors (Lipinski definition) is 4. The smallest absolute Gasteiger partial charge is 0.130 e. The van der Waals surface area contributed by atoms with Crippen LogP contribution in [0.25, 0.3) is 44.8 Å². The molecule has 0 aliphatic rings. The molecule has 6 nitrogen and oxygen atoms in total. The minimum Gasteiger partial charge on any atom is -0.383 e. The molecule has 0 aliphatic carbocycles. The fraction of sp³-hybridized carbons (Fsp3) is 0.0213. The van der Waals surface area contributed by atoms with Crippen LogP contribution in [0, 0.1) is 0 Å². The predicted molar refractivity (Wildman–Crippen MR) is 224 cm³/mol. The highest BCUT2D eigenvalue weighted by Crippen LogP contribution is 2.42. The fourth-order valence-electron chi connectivity index (χ4n) is 6.87. The molecular weight excluding hydrogens is 649 g/mol. The fourth-order valence-corrected chi connectivity index (χ4v) is 6.87. The summed E-state index contributed by atoms with van der Waals surface area (Å²) in [6.45, 7) is 6.21. The molecule has 6 heteroatoms. The zero-order valence-electron chi connectivity index (χ0n) is 29.4. The van der Waals surface area contributed by atoms with Gasteiger partial charge in [0.25, 0.3) is 0 Å². The maximum atomic E-state index is 6.31. The van der Waals surface area contributed by atoms with Gasteiger partial charge in [-0.25, -0.2) is 4.99 Å². The molecule has 0 saturated carbocycles. The molecule has 0 amide bonds. The lowest BCUT2D eigenvalue weighted by molar-refractivity contribution is 1.18. The molecule has 0 bridgehead atoms. The van der Waals surface area contributed by atoms with E-state index in [1.54, 1.807) is 6.20 Å². The summed E-state index contributed by atoms with van der Waals surface area (Å²) in [4.78, 5) is 11.2. The van der Waals surface area contributed by atoms with Crippen molar-refractivity contribution in [2.24, 2.45) is 10.7 Å². The van der Waals surface area contributed by atoms with Crippen molar-refractivity contribution in [3.63, 3.8) is 0 Å². The number of anilines is 5. The molecule has 0 unspecified atom stereocenters. The van der Waals surface area contributed by atoms with Crippen LogP contribution in [0.4, 0.5) is 28.4 Å². The van der Waals surface area contributed by atoms with Crippen molar-refractivity contribution in [1.29, 1.82) is 0 Å². The highest BCUT2D eigenvalue weighted by atomic mass is 15.1. The van der Waals surface area contributed by atoms with Gasteiger partial charge in [0.2, 0.25) is 0 Å². The molecule has 6 aromatic carbocycles. The zero-order chi connectivity index (χ0) is 36.1. The van der Waals surface area contributed by atoms with E-state index < -0.39 is 0 Å². The first kappa shape index (κ1) is 33.0. The summed E-state index contributed by atoms with van der Waals surface area (Å²) in [6.07, 6.45) is 7.34. The normalized spacial score (nSPS) is 11.7. The number of nitrogens with one attached hydrogen (secondary N) is 1. The van der Waals surface area contributed by atoms with Crippen LogP contribution in [0.5, 0.6) is 0 Å². The molecule has 0 spiro atoms. The van der Waals surface area contributed by atoms with Crippen molar-refractivity contribution in [3.05, 3.63) is 194 Å². The number of nitrogens with zero attached hydrogens (tertiary/aromatic N) is 4. The van der Waals surface area contributed by atoms with E-state index in [0.29, 0.717) is 5.84 Å². The van der Waals surface area contributed by atoms with E-state index in [9.17, 15) is 0 Å². The Hall–Kier alpha value is -7.18. The van der Waals surface area contributed by atoms with E-state index in [1.165, 1.54) is 0 Å². The maximum absolute atomic E-state index is 6.31. The van der Waals surface area contributed by atoms with Crippen LogP contribution < -0.4 is 16.0 Å². The molecule has 0 saturated heterocycles. The van der Waals surface area contributed by atoms with Crippen LogP contribution in [0.3, 0.4) is 0 Å². The number of fused-ring (bicyclic) bond motifs is 3. The van der Waals surface area contributed by atoms with Gasteiger partial charge in [-0.1, -0.05) is 79.4 Å². The minimum atomic E-state index is 0.468. The molecule has 2 aromatic heterocycles. The third-order valence-electron chi connectivity index (χ3n) is 9.35. The average Bonchev–Trinajstić information content (AvgIpc) is 3.55. The van der Waals surface area contributed by atoms with Gasteiger partial charge in [-0.15, -0.1) is 0 Å². The lowest BCUT2D eigenvalue weighted by Gasteiger charge is -2.26. The Bertz CT molecular complexity index is 2590. The Morgan fingerprint density at radius 3 is 2.09 bits per heavy atom. The highest BCUT2D eigenvalue weighted by Gasteiger charge is 2.20. The number of benzene rings is 6. The lowest BCUT2D eigenvalue weighted by atomic mass is 10.0. The van der Waals surface area contributed by atoms with E-state index in [1.807, 2.05) is 73.8 Å². The molecule has 0 radical (unpaired) electrons. The summed E-state index contributed by atoms with van der Waals surface area (Å²) < 4.78 is 2.34. The second-order valence-corrected chi connectivity index (χ2v) is 12.6. The van der Waals surface area contributed by atoms with E-state index in [-0.39, 0.29) is 0 Å². The molecule has 0 fully saturated rings. The van der Waals surface area contributed by atoms with Crippen LogP contribution in [-0.4, -0.2) is 15.4 Å². The van der Waals surface area contributed by atoms with Crippen LogP contribution in [0.2, 0.25) is 0 Å². The van der Waals surface area contributed by atoms with E-state index >= 15 is 0 Å². The van der Waals surface area contributed by atoms with Gasteiger partial charge >= 0.3 is 0 Å². The molecular formula is C47H38N6. The molecule has 0 aliphatic heterocycles. The molecule has 3 N–H and O–H groups in total. The quantitative estimate of drug-likeness (QED) is 0.111. The monoisotopic (exact) mass is 686 g/mol. The minimum absolute atomic E-state index is 0.468. The molecule has 53 heavy (non-hydrogen) atoms. The first-order valence-corrected chi connectivity index (χ1v) is 17.6. The maximum Gasteiger partial charge on any atom is 0.130 e. The van der Waals surface area contributed by atoms with E-state index in [4.69, 9.17) is 5.73 Å². The average molecular weight is 687 g/mol. The van der Waals surface area contributed by atoms with Crippen molar-refractivity contribution in [2.75, 3.05) is 10.2 Å². The van der Waals surface area contributed by atoms with Crippen molar-refractivity contribution in [2.45, 2.75) is 6.92 Å². The van der Waals surface area contributed by atoms with Crippen molar-refractivity contribution < 1.29 is 0 Å². The van der Waals surface area contributed by atoms with Gasteiger partial charge in [0.15, 0.2) is 0 Å². The number of hydrogen-bond donors (Lipinski definition) is 2. The van der Waals surface area contributed by atoms with Crippen molar-refractivity contribution in [3.8, 4) is 16.9 Å². The standard InChI is InChI=1S/C47H38N6/c1-3-30-50-47(48)34-20-24-38(25-21-34)52(37-22-18-33(19-23-37)43-17-11-12-31-49-43)39-26-29-45-42(32-39)41-27-28-44(51-35-13-7-5-8-14-35)40(4-2)46(41)53(45)36-15-9-6-10-16-36/h3-32,51H,2H2,1H3,(H2,48,50)/b30-3-. The topological polar surface area (TPSA) is 71.5 Å². The summed E-state index contributed by atoms with van der Waals surface area (Å²) in [5.41, 5.74) is 18.5. The SMILES string of the molecule is C=Cc1c(Nc2ccccc2)ccc2c3cc(N(c4ccc(C(N)=N/C=C\C)cc4)c4ccc(-c5ccccn5)cc4)ccc3n(-c3ccccc3)c12. The summed E-state index contributed by atoms with van der Waals surface area (Å²) in [5.74, 6) is 0.468. The first-order valence-electron chi connectivity index (χ1n) is 17.6. The number of aliphatic imine (C=N–C) groups is 1. The molecule has 2 heterocycles. The van der Waals surface area contributed by atoms with E-state index in [0.717, 1.165) is 78.3 Å². The van der Waals surface area contributed by atoms with Crippen LogP contribution in [0.1, 0.15) is 18.1 Å². The van der Waals surface area contributed by atoms with Crippen molar-refractivity contribution >= 4 is 62.2 Å². The third kappa shape index (κ3) is 6.46. The number of nitrogens with two attached hydrogens (primary N) is 1. The third-order valence-corrected chi connectivity index (χ3v) is 9.35. The van der Waals surface area contributed by atoms with Gasteiger partial charge < -0.3 is 20.5 Å². The largest absolute Gasteiger partial charge is 0.383 e. The van der Waals surface area contributed by atoms with Gasteiger partial charge in [-0.05, 0) is 104 Å². The molecule has 0 atom stereocenters. The molecule has 256 valence electrons. The van der Waals surface area contributed by atoms with Crippen LogP contribution in [-0.2, 0) is 0 Å². The molecule has 8 rings (SSSR count). The van der Waals surface area contributed by atoms with Crippen LogP contribution >= 0.6 is 0 Å². The highest BCUT2D eigenvalue weighted by molar-refractivity contribution is 6.14. The summed E-state index contributed by atoms with van der Waals surface area (Å²) in [6, 6.07) is 54.6. The Kier molecular flexibility index (Phi) is 9.08. The summed E-state index contributed by atoms with van der Waals surface area (Å²) >= 11 is 0. The number of allylic oxidation sites excluding steroid dienone is 1. The number of aromatic nitrogens is 2. The second kappa shape index (κ2) is 14.6. The number of rotatable bonds is 10. The Labute approximate surface area is 309 Å². The lowest BCUT2D eigenvalue weighted by Crippen LogP contribution is -2.14. The van der Waals surface area contributed by atoms with Gasteiger partial charge in [-0.2, -0.15) is 0 Å². The zero-order valence-corrected chi connectivity index (χ0v) is 29.4. The number of para-hydroxylation sites is 2. The van der Waals surface area contributed by atoms with Crippen molar-refractivity contribution in [1.82, 2.24) is 9.55 Å².